The van der Waals surface area contributed by atoms with Gasteiger partial charge in [-0.3, -0.25) is 4.79 Å². The number of amides is 1. The normalized spacial score (nSPS) is 12.5. The Bertz CT molecular complexity index is 407. The highest BCUT2D eigenvalue weighted by Crippen LogP contribution is 2.20. The number of hydrogen-bond donors (Lipinski definition) is 3. The predicted octanol–water partition coefficient (Wildman–Crippen LogP) is 1.74. The van der Waals surface area contributed by atoms with Crippen molar-refractivity contribution in [2.45, 2.75) is 19.9 Å². The lowest BCUT2D eigenvalue weighted by Gasteiger charge is -2.19. The molecule has 0 saturated heterocycles. The topological polar surface area (TPSA) is 69.6 Å². The van der Waals surface area contributed by atoms with Gasteiger partial charge in [-0.2, -0.15) is 0 Å². The summed E-state index contributed by atoms with van der Waals surface area (Å²) in [4.78, 5) is 11.8. The first-order chi connectivity index (χ1) is 7.95. The van der Waals surface area contributed by atoms with Gasteiger partial charge in [0.2, 0.25) is 0 Å². The number of benzene rings is 1. The van der Waals surface area contributed by atoms with Crippen molar-refractivity contribution in [1.82, 2.24) is 5.32 Å². The number of carbonyl (C=O) groups is 1. The van der Waals surface area contributed by atoms with Gasteiger partial charge in [0.25, 0.3) is 5.91 Å². The Balaban J connectivity index is 2.79. The van der Waals surface area contributed by atoms with Crippen molar-refractivity contribution in [1.29, 1.82) is 0 Å². The van der Waals surface area contributed by atoms with Crippen LogP contribution in [0.4, 0.5) is 0 Å². The highest BCUT2D eigenvalue weighted by atomic mass is 127. The van der Waals surface area contributed by atoms with Crippen LogP contribution >= 0.6 is 22.6 Å². The van der Waals surface area contributed by atoms with E-state index in [0.29, 0.717) is 9.13 Å². The van der Waals surface area contributed by atoms with Gasteiger partial charge < -0.3 is 15.5 Å². The largest absolute Gasteiger partial charge is 0.507 e. The molecule has 0 spiro atoms. The van der Waals surface area contributed by atoms with Crippen LogP contribution in [0.15, 0.2) is 18.2 Å². The number of aliphatic hydroxyl groups is 1. The first-order valence-electron chi connectivity index (χ1n) is 5.36. The summed E-state index contributed by atoms with van der Waals surface area (Å²) in [7, 11) is 0. The lowest BCUT2D eigenvalue weighted by atomic mass is 10.0. The van der Waals surface area contributed by atoms with Gasteiger partial charge in [-0.05, 0) is 46.7 Å². The molecule has 4 nitrogen and oxygen atoms in total. The maximum atomic E-state index is 11.8. The Hall–Kier alpha value is -0.820. The number of rotatable bonds is 4. The van der Waals surface area contributed by atoms with E-state index < -0.39 is 0 Å². The molecule has 0 aromatic heterocycles. The zero-order valence-electron chi connectivity index (χ0n) is 9.77. The first kappa shape index (κ1) is 14.2. The molecule has 1 amide bonds. The van der Waals surface area contributed by atoms with Gasteiger partial charge in [-0.15, -0.1) is 0 Å². The molecule has 0 radical (unpaired) electrons. The van der Waals surface area contributed by atoms with E-state index in [4.69, 9.17) is 5.11 Å². The number of halogens is 1. The summed E-state index contributed by atoms with van der Waals surface area (Å²) < 4.78 is 0.696. The lowest BCUT2D eigenvalue weighted by molar-refractivity contribution is 0.0896. The highest BCUT2D eigenvalue weighted by molar-refractivity contribution is 14.1. The van der Waals surface area contributed by atoms with Crippen molar-refractivity contribution >= 4 is 28.5 Å². The van der Waals surface area contributed by atoms with E-state index in [1.807, 2.05) is 36.4 Å². The number of nitrogens with one attached hydrogen (secondary N) is 1. The Morgan fingerprint density at radius 2 is 2.12 bits per heavy atom. The summed E-state index contributed by atoms with van der Waals surface area (Å²) in [6, 6.07) is 4.47. The van der Waals surface area contributed by atoms with Crippen LogP contribution in [0.3, 0.4) is 0 Å². The average Bonchev–Trinajstić information content (AvgIpc) is 2.28. The van der Waals surface area contributed by atoms with Crippen molar-refractivity contribution in [3.8, 4) is 5.75 Å². The minimum absolute atomic E-state index is 0.0864. The molecule has 1 atom stereocenters. The summed E-state index contributed by atoms with van der Waals surface area (Å²) in [5.41, 5.74) is 0.391. The molecule has 1 aromatic carbocycles. The fourth-order valence-electron chi connectivity index (χ4n) is 1.33. The number of aliphatic hydroxyl groups excluding tert-OH is 1. The third-order valence-corrected chi connectivity index (χ3v) is 3.44. The molecule has 94 valence electrons. The van der Waals surface area contributed by atoms with Crippen LogP contribution in [0.5, 0.6) is 5.75 Å². The lowest BCUT2D eigenvalue weighted by Crippen LogP contribution is -2.41. The number of phenolic OH excluding ortho intramolecular Hbond substituents is 1. The Morgan fingerprint density at radius 1 is 1.47 bits per heavy atom. The van der Waals surface area contributed by atoms with Crippen molar-refractivity contribution in [2.24, 2.45) is 5.92 Å². The van der Waals surface area contributed by atoms with E-state index in [9.17, 15) is 9.90 Å². The summed E-state index contributed by atoms with van der Waals surface area (Å²) in [5.74, 6) is -0.0470. The Morgan fingerprint density at radius 3 is 2.59 bits per heavy atom. The molecule has 0 aliphatic carbocycles. The molecule has 0 bridgehead atoms. The predicted molar refractivity (Wildman–Crippen MR) is 74.0 cm³/mol. The molecule has 5 heteroatoms. The summed E-state index contributed by atoms with van der Waals surface area (Å²) >= 11 is 1.99. The summed E-state index contributed by atoms with van der Waals surface area (Å²) in [6.45, 7) is 3.75. The molecule has 0 aliphatic rings. The Labute approximate surface area is 114 Å². The van der Waals surface area contributed by atoms with Crippen LogP contribution < -0.4 is 5.32 Å². The van der Waals surface area contributed by atoms with Crippen molar-refractivity contribution < 1.29 is 15.0 Å². The van der Waals surface area contributed by atoms with Crippen LogP contribution in [0, 0.1) is 9.49 Å². The van der Waals surface area contributed by atoms with Gasteiger partial charge in [0.1, 0.15) is 5.75 Å². The number of phenols is 1. The van der Waals surface area contributed by atoms with E-state index in [-0.39, 0.29) is 30.2 Å². The second kappa shape index (κ2) is 6.20. The maximum absolute atomic E-state index is 11.8. The molecule has 17 heavy (non-hydrogen) atoms. The quantitative estimate of drug-likeness (QED) is 0.726. The van der Waals surface area contributed by atoms with Crippen LogP contribution in [0.25, 0.3) is 0 Å². The summed E-state index contributed by atoms with van der Waals surface area (Å²) in [5, 5.41) is 21.4. The molecule has 0 heterocycles. The number of hydrogen-bond acceptors (Lipinski definition) is 3. The molecule has 3 N–H and O–H groups in total. The number of carbonyl (C=O) groups excluding carboxylic acids is 1. The maximum Gasteiger partial charge on any atom is 0.251 e. The monoisotopic (exact) mass is 349 g/mol. The van der Waals surface area contributed by atoms with Crippen LogP contribution in [0.2, 0.25) is 0 Å². The third-order valence-electron chi connectivity index (χ3n) is 2.53. The van der Waals surface area contributed by atoms with E-state index in [1.54, 1.807) is 12.1 Å². The molecular weight excluding hydrogens is 333 g/mol. The molecule has 0 aliphatic heterocycles. The highest BCUT2D eigenvalue weighted by Gasteiger charge is 2.16. The SMILES string of the molecule is CC(C)[C@@H](CO)NC(=O)c1ccc(I)c(O)c1. The van der Waals surface area contributed by atoms with E-state index in [1.165, 1.54) is 6.07 Å². The van der Waals surface area contributed by atoms with Gasteiger partial charge in [-0.1, -0.05) is 13.8 Å². The van der Waals surface area contributed by atoms with Gasteiger partial charge >= 0.3 is 0 Å². The molecular formula is C12H16INO3. The van der Waals surface area contributed by atoms with Gasteiger partial charge in [-0.25, -0.2) is 0 Å². The second-order valence-corrected chi connectivity index (χ2v) is 5.33. The zero-order valence-corrected chi connectivity index (χ0v) is 11.9. The molecule has 0 saturated carbocycles. The minimum Gasteiger partial charge on any atom is -0.507 e. The molecule has 1 aromatic rings. The molecule has 0 fully saturated rings. The average molecular weight is 349 g/mol. The zero-order chi connectivity index (χ0) is 13.0. The fraction of sp³-hybridized carbons (Fsp3) is 0.417. The van der Waals surface area contributed by atoms with Crippen molar-refractivity contribution in [3.05, 3.63) is 27.3 Å². The third kappa shape index (κ3) is 3.85. The van der Waals surface area contributed by atoms with E-state index >= 15 is 0 Å². The minimum atomic E-state index is -0.288. The van der Waals surface area contributed by atoms with Gasteiger partial charge in [0.05, 0.1) is 16.2 Å². The van der Waals surface area contributed by atoms with Crippen molar-refractivity contribution in [3.63, 3.8) is 0 Å². The van der Waals surface area contributed by atoms with Crippen LogP contribution in [-0.2, 0) is 0 Å². The second-order valence-electron chi connectivity index (χ2n) is 4.17. The number of aromatic hydroxyl groups is 1. The standard InChI is InChI=1S/C12H16INO3/c1-7(2)10(6-15)14-12(17)8-3-4-9(13)11(16)5-8/h3-5,7,10,15-16H,6H2,1-2H3,(H,14,17)/t10-/m1/s1. The van der Waals surface area contributed by atoms with E-state index in [2.05, 4.69) is 5.32 Å². The van der Waals surface area contributed by atoms with Crippen molar-refractivity contribution in [2.75, 3.05) is 6.61 Å². The van der Waals surface area contributed by atoms with Gasteiger partial charge in [0, 0.05) is 5.56 Å². The smallest absolute Gasteiger partial charge is 0.251 e. The van der Waals surface area contributed by atoms with Crippen LogP contribution in [-0.4, -0.2) is 28.8 Å². The fourth-order valence-corrected chi connectivity index (χ4v) is 1.66. The van der Waals surface area contributed by atoms with Gasteiger partial charge in [0.15, 0.2) is 0 Å². The molecule has 1 rings (SSSR count). The Kier molecular flexibility index (Phi) is 5.20. The first-order valence-corrected chi connectivity index (χ1v) is 6.43. The van der Waals surface area contributed by atoms with Crippen LogP contribution in [0.1, 0.15) is 24.2 Å². The summed E-state index contributed by atoms with van der Waals surface area (Å²) in [6.07, 6.45) is 0. The van der Waals surface area contributed by atoms with E-state index in [0.717, 1.165) is 0 Å². The molecule has 0 unspecified atom stereocenters.